The van der Waals surface area contributed by atoms with Crippen LogP contribution in [-0.2, 0) is 20.9 Å². The van der Waals surface area contributed by atoms with Gasteiger partial charge < -0.3 is 14.4 Å². The monoisotopic (exact) mass is 608 g/mol. The van der Waals surface area contributed by atoms with Gasteiger partial charge in [0.2, 0.25) is 5.91 Å². The molecule has 2 fully saturated rings. The predicted molar refractivity (Wildman–Crippen MR) is 137 cm³/mol. The Balaban J connectivity index is 1.44. The molecule has 2 aliphatic rings. The predicted octanol–water partition coefficient (Wildman–Crippen LogP) is 4.99. The molecule has 10 heteroatoms. The number of hydrogen-bond donors (Lipinski definition) is 0. The number of ether oxygens (including phenoxy) is 2. The first-order valence-corrected chi connectivity index (χ1v) is 13.0. The second-order valence-corrected chi connectivity index (χ2v) is 10.6. The van der Waals surface area contributed by atoms with Crippen molar-refractivity contribution >= 4 is 66.8 Å². The molecule has 0 radical (unpaired) electrons. The summed E-state index contributed by atoms with van der Waals surface area (Å²) in [6.07, 6.45) is 1.64. The normalized spacial score (nSPS) is 17.6. The van der Waals surface area contributed by atoms with Crippen LogP contribution in [0.25, 0.3) is 6.08 Å². The van der Waals surface area contributed by atoms with Crippen LogP contribution in [0.2, 0.25) is 0 Å². The van der Waals surface area contributed by atoms with Crippen molar-refractivity contribution in [1.82, 2.24) is 9.80 Å². The summed E-state index contributed by atoms with van der Waals surface area (Å²) in [5.74, 6) is -0.0853. The number of amides is 3. The Bertz CT molecular complexity index is 1120. The van der Waals surface area contributed by atoms with Crippen molar-refractivity contribution in [3.8, 4) is 5.75 Å². The third kappa shape index (κ3) is 5.91. The molecule has 2 aliphatic heterocycles. The molecule has 0 aliphatic carbocycles. The quantitative estimate of drug-likeness (QED) is 0.429. The minimum Gasteiger partial charge on any atom is -0.487 e. The van der Waals surface area contributed by atoms with E-state index in [0.717, 1.165) is 22.2 Å². The molecule has 3 amide bonds. The van der Waals surface area contributed by atoms with Crippen LogP contribution in [0, 0.1) is 6.92 Å². The molecule has 2 aromatic carbocycles. The molecule has 0 atom stereocenters. The Morgan fingerprint density at radius 3 is 2.41 bits per heavy atom. The first-order valence-electron chi connectivity index (χ1n) is 10.6. The van der Waals surface area contributed by atoms with Crippen LogP contribution in [0.5, 0.6) is 5.75 Å². The second-order valence-electron chi connectivity index (χ2n) is 7.85. The van der Waals surface area contributed by atoms with Gasteiger partial charge in [-0.15, -0.1) is 0 Å². The number of benzene rings is 2. The van der Waals surface area contributed by atoms with Crippen molar-refractivity contribution in [2.24, 2.45) is 0 Å². The highest BCUT2D eigenvalue weighted by Gasteiger charge is 2.37. The number of hydrogen-bond acceptors (Lipinski definition) is 6. The molecule has 0 spiro atoms. The van der Waals surface area contributed by atoms with Crippen molar-refractivity contribution in [2.75, 3.05) is 32.8 Å². The molecule has 0 aromatic heterocycles. The smallest absolute Gasteiger partial charge is 0.294 e. The summed E-state index contributed by atoms with van der Waals surface area (Å²) >= 11 is 7.90. The van der Waals surface area contributed by atoms with Gasteiger partial charge in [-0.25, -0.2) is 0 Å². The third-order valence-electron chi connectivity index (χ3n) is 5.35. The molecular weight excluding hydrogens is 588 g/mol. The summed E-state index contributed by atoms with van der Waals surface area (Å²) in [7, 11) is 0. The maximum Gasteiger partial charge on any atom is 0.294 e. The highest BCUT2D eigenvalue weighted by Crippen LogP contribution is 2.38. The molecule has 0 saturated carbocycles. The first-order chi connectivity index (χ1) is 16.3. The highest BCUT2D eigenvalue weighted by atomic mass is 79.9. The van der Waals surface area contributed by atoms with Crippen LogP contribution in [0.15, 0.2) is 50.2 Å². The molecule has 2 aromatic rings. The van der Waals surface area contributed by atoms with Gasteiger partial charge in [0.05, 0.1) is 27.1 Å². The maximum atomic E-state index is 12.8. The number of carbonyl (C=O) groups is 3. The van der Waals surface area contributed by atoms with E-state index in [1.807, 2.05) is 43.3 Å². The van der Waals surface area contributed by atoms with Gasteiger partial charge >= 0.3 is 0 Å². The van der Waals surface area contributed by atoms with Crippen LogP contribution in [-0.4, -0.2) is 59.7 Å². The minimum atomic E-state index is -0.469. The van der Waals surface area contributed by atoms with E-state index in [1.165, 1.54) is 5.56 Å². The van der Waals surface area contributed by atoms with Gasteiger partial charge in [0.1, 0.15) is 18.9 Å². The van der Waals surface area contributed by atoms with Crippen molar-refractivity contribution < 1.29 is 23.9 Å². The van der Waals surface area contributed by atoms with Crippen LogP contribution in [0.3, 0.4) is 0 Å². The molecule has 0 N–H and O–H groups in total. The zero-order valence-electron chi connectivity index (χ0n) is 18.4. The Labute approximate surface area is 218 Å². The molecule has 0 bridgehead atoms. The Morgan fingerprint density at radius 1 is 1.12 bits per heavy atom. The molecule has 34 heavy (non-hydrogen) atoms. The average Bonchev–Trinajstić information content (AvgIpc) is 3.07. The fourth-order valence-electron chi connectivity index (χ4n) is 3.48. The summed E-state index contributed by atoms with van der Waals surface area (Å²) < 4.78 is 12.6. The lowest BCUT2D eigenvalue weighted by atomic mass is 10.1. The Hall–Kier alpha value is -2.14. The van der Waals surface area contributed by atoms with E-state index in [9.17, 15) is 14.4 Å². The van der Waals surface area contributed by atoms with E-state index in [2.05, 4.69) is 31.9 Å². The summed E-state index contributed by atoms with van der Waals surface area (Å²) in [6.45, 7) is 4.03. The van der Waals surface area contributed by atoms with Gasteiger partial charge in [-0.1, -0.05) is 29.8 Å². The second kappa shape index (κ2) is 11.1. The lowest BCUT2D eigenvalue weighted by molar-refractivity contribution is -0.139. The highest BCUT2D eigenvalue weighted by molar-refractivity contribution is 9.11. The number of morpholine rings is 1. The first kappa shape index (κ1) is 25.0. The fourth-order valence-corrected chi connectivity index (χ4v) is 5.77. The lowest BCUT2D eigenvalue weighted by Crippen LogP contribution is -2.46. The number of aryl methyl sites for hydroxylation is 1. The van der Waals surface area contributed by atoms with E-state index >= 15 is 0 Å². The fraction of sp³-hybridized carbons (Fsp3) is 0.292. The number of halogens is 2. The van der Waals surface area contributed by atoms with Gasteiger partial charge in [0, 0.05) is 13.1 Å². The molecule has 4 rings (SSSR count). The van der Waals surface area contributed by atoms with Gasteiger partial charge in [-0.3, -0.25) is 19.3 Å². The summed E-state index contributed by atoms with van der Waals surface area (Å²) in [5.41, 5.74) is 2.95. The number of thioether (sulfide) groups is 1. The maximum absolute atomic E-state index is 12.8. The lowest BCUT2D eigenvalue weighted by Gasteiger charge is -2.28. The number of carbonyl (C=O) groups excluding carboxylic acids is 3. The van der Waals surface area contributed by atoms with E-state index in [1.54, 1.807) is 11.0 Å². The van der Waals surface area contributed by atoms with Crippen LogP contribution in [0.4, 0.5) is 4.79 Å². The molecule has 2 saturated heterocycles. The van der Waals surface area contributed by atoms with Crippen molar-refractivity contribution in [3.05, 3.63) is 66.9 Å². The van der Waals surface area contributed by atoms with Crippen molar-refractivity contribution in [2.45, 2.75) is 13.5 Å². The number of nitrogens with zero attached hydrogens (tertiary/aromatic N) is 2. The topological polar surface area (TPSA) is 76.2 Å². The van der Waals surface area contributed by atoms with Gasteiger partial charge in [-0.2, -0.15) is 0 Å². The number of rotatable bonds is 6. The van der Waals surface area contributed by atoms with Gasteiger partial charge in [-0.05, 0) is 79.9 Å². The third-order valence-corrected chi connectivity index (χ3v) is 7.44. The largest absolute Gasteiger partial charge is 0.487 e. The van der Waals surface area contributed by atoms with E-state index in [4.69, 9.17) is 9.47 Å². The standard InChI is InChI=1S/C24H22Br2N2O5S/c1-15-2-4-16(5-3-15)14-33-22-18(25)10-17(11-19(22)26)12-20-23(30)28(24(31)34-20)13-21(29)27-6-8-32-9-7-27/h2-5,10-12H,6-9,13-14H2,1H3/b20-12-. The zero-order chi connectivity index (χ0) is 24.2. The van der Waals surface area contributed by atoms with Gasteiger partial charge in [0.25, 0.3) is 11.1 Å². The van der Waals surface area contributed by atoms with Crippen LogP contribution < -0.4 is 4.74 Å². The molecule has 7 nitrogen and oxygen atoms in total. The van der Waals surface area contributed by atoms with E-state index in [-0.39, 0.29) is 17.4 Å². The van der Waals surface area contributed by atoms with E-state index < -0.39 is 11.1 Å². The number of imide groups is 1. The van der Waals surface area contributed by atoms with Crippen molar-refractivity contribution in [3.63, 3.8) is 0 Å². The summed E-state index contributed by atoms with van der Waals surface area (Å²) in [5, 5.41) is -0.450. The Kier molecular flexibility index (Phi) is 8.13. The SMILES string of the molecule is Cc1ccc(COc2c(Br)cc(/C=C3\SC(=O)N(CC(=O)N4CCOCC4)C3=O)cc2Br)cc1. The van der Waals surface area contributed by atoms with Gasteiger partial charge in [0.15, 0.2) is 0 Å². The minimum absolute atomic E-state index is 0.257. The van der Waals surface area contributed by atoms with E-state index in [0.29, 0.717) is 53.2 Å². The average molecular weight is 610 g/mol. The van der Waals surface area contributed by atoms with Crippen molar-refractivity contribution in [1.29, 1.82) is 0 Å². The van der Waals surface area contributed by atoms with Crippen LogP contribution >= 0.6 is 43.6 Å². The molecular formula is C24H22Br2N2O5S. The summed E-state index contributed by atoms with van der Waals surface area (Å²) in [4.78, 5) is 40.6. The Morgan fingerprint density at radius 2 is 1.76 bits per heavy atom. The molecule has 2 heterocycles. The molecule has 178 valence electrons. The molecule has 0 unspecified atom stereocenters. The zero-order valence-corrected chi connectivity index (χ0v) is 22.4. The summed E-state index contributed by atoms with van der Waals surface area (Å²) in [6, 6.07) is 11.8. The van der Waals surface area contributed by atoms with Crippen LogP contribution in [0.1, 0.15) is 16.7 Å².